The summed E-state index contributed by atoms with van der Waals surface area (Å²) in [4.78, 5) is 14.3. The highest BCUT2D eigenvalue weighted by Gasteiger charge is 2.23. The summed E-state index contributed by atoms with van der Waals surface area (Å²) in [6.07, 6.45) is 2.02. The van der Waals surface area contributed by atoms with Gasteiger partial charge in [-0.05, 0) is 36.5 Å². The predicted molar refractivity (Wildman–Crippen MR) is 92.0 cm³/mol. The van der Waals surface area contributed by atoms with Crippen molar-refractivity contribution in [2.24, 2.45) is 0 Å². The lowest BCUT2D eigenvalue weighted by molar-refractivity contribution is 0.194. The largest absolute Gasteiger partial charge is 0.497 e. The van der Waals surface area contributed by atoms with Crippen molar-refractivity contribution in [3.05, 3.63) is 60.2 Å². The zero-order chi connectivity index (χ0) is 16.1. The fourth-order valence-corrected chi connectivity index (χ4v) is 3.04. The molecule has 1 aliphatic rings. The van der Waals surface area contributed by atoms with E-state index < -0.39 is 0 Å². The van der Waals surface area contributed by atoms with Crippen LogP contribution in [0.2, 0.25) is 0 Å². The van der Waals surface area contributed by atoms with Gasteiger partial charge in [0.2, 0.25) is 0 Å². The highest BCUT2D eigenvalue weighted by atomic mass is 16.5. The number of nitrogens with zero attached hydrogens (tertiary/aromatic N) is 1. The quantitative estimate of drug-likeness (QED) is 0.927. The van der Waals surface area contributed by atoms with Crippen LogP contribution >= 0.6 is 0 Å². The van der Waals surface area contributed by atoms with Gasteiger partial charge in [-0.15, -0.1) is 0 Å². The molecule has 1 saturated heterocycles. The third kappa shape index (κ3) is 3.83. The minimum absolute atomic E-state index is 0.0373. The monoisotopic (exact) mass is 310 g/mol. The average molecular weight is 310 g/mol. The van der Waals surface area contributed by atoms with E-state index in [0.29, 0.717) is 5.92 Å². The highest BCUT2D eigenvalue weighted by Crippen LogP contribution is 2.28. The molecule has 0 aliphatic carbocycles. The Kier molecular flexibility index (Phi) is 4.81. The van der Waals surface area contributed by atoms with Crippen molar-refractivity contribution in [1.82, 2.24) is 4.90 Å². The smallest absolute Gasteiger partial charge is 0.321 e. The summed E-state index contributed by atoms with van der Waals surface area (Å²) >= 11 is 0. The molecule has 4 heteroatoms. The molecule has 0 radical (unpaired) electrons. The number of amides is 2. The number of piperidine rings is 1. The number of carbonyl (C=O) groups is 1. The normalized spacial score (nSPS) is 15.3. The molecule has 3 rings (SSSR count). The average Bonchev–Trinajstić information content (AvgIpc) is 2.63. The molecule has 0 aromatic heterocycles. The summed E-state index contributed by atoms with van der Waals surface area (Å²) in [5.41, 5.74) is 2.14. The number of methoxy groups -OCH3 is 1. The first-order valence-corrected chi connectivity index (χ1v) is 8.01. The van der Waals surface area contributed by atoms with Crippen molar-refractivity contribution in [1.29, 1.82) is 0 Å². The van der Waals surface area contributed by atoms with Gasteiger partial charge in [0.1, 0.15) is 5.75 Å². The molecule has 0 spiro atoms. The molecule has 2 aromatic carbocycles. The van der Waals surface area contributed by atoms with Crippen LogP contribution in [0.15, 0.2) is 54.6 Å². The predicted octanol–water partition coefficient (Wildman–Crippen LogP) is 4.11. The van der Waals surface area contributed by atoms with Crippen LogP contribution in [-0.2, 0) is 0 Å². The number of likely N-dealkylation sites (tertiary alicyclic amines) is 1. The maximum atomic E-state index is 12.4. The number of ether oxygens (including phenoxy) is 1. The Morgan fingerprint density at radius 2 is 1.83 bits per heavy atom. The van der Waals surface area contributed by atoms with Gasteiger partial charge < -0.3 is 15.0 Å². The molecule has 1 heterocycles. The molecule has 2 amide bonds. The van der Waals surface area contributed by atoms with Gasteiger partial charge in [0.25, 0.3) is 0 Å². The molecule has 23 heavy (non-hydrogen) atoms. The molecule has 1 N–H and O–H groups in total. The molecule has 120 valence electrons. The molecule has 1 aliphatic heterocycles. The fraction of sp³-hybridized carbons (Fsp3) is 0.316. The van der Waals surface area contributed by atoms with Gasteiger partial charge in [-0.2, -0.15) is 0 Å². The van der Waals surface area contributed by atoms with Crippen LogP contribution in [0.3, 0.4) is 0 Å². The Labute approximate surface area is 137 Å². The van der Waals surface area contributed by atoms with Crippen molar-refractivity contribution < 1.29 is 9.53 Å². The van der Waals surface area contributed by atoms with Crippen LogP contribution in [0.1, 0.15) is 24.3 Å². The Morgan fingerprint density at radius 1 is 1.09 bits per heavy atom. The van der Waals surface area contributed by atoms with Crippen molar-refractivity contribution in [2.45, 2.75) is 18.8 Å². The van der Waals surface area contributed by atoms with Gasteiger partial charge in [0.05, 0.1) is 7.11 Å². The maximum absolute atomic E-state index is 12.4. The molecule has 0 saturated carbocycles. The third-order valence-corrected chi connectivity index (χ3v) is 4.37. The second-order valence-corrected chi connectivity index (χ2v) is 5.83. The van der Waals surface area contributed by atoms with Crippen molar-refractivity contribution in [3.63, 3.8) is 0 Å². The summed E-state index contributed by atoms with van der Waals surface area (Å²) < 4.78 is 5.18. The Morgan fingerprint density at radius 3 is 2.52 bits per heavy atom. The fourth-order valence-electron chi connectivity index (χ4n) is 3.04. The van der Waals surface area contributed by atoms with Crippen LogP contribution in [0.4, 0.5) is 10.5 Å². The Balaban J connectivity index is 1.56. The minimum Gasteiger partial charge on any atom is -0.497 e. The molecule has 2 aromatic rings. The number of hydrogen-bond acceptors (Lipinski definition) is 2. The molecule has 0 bridgehead atoms. The lowest BCUT2D eigenvalue weighted by atomic mass is 9.90. The second-order valence-electron chi connectivity index (χ2n) is 5.83. The zero-order valence-electron chi connectivity index (χ0n) is 13.4. The number of urea groups is 1. The second kappa shape index (κ2) is 7.18. The van der Waals surface area contributed by atoms with E-state index in [0.717, 1.165) is 37.4 Å². The zero-order valence-corrected chi connectivity index (χ0v) is 13.4. The Bertz CT molecular complexity index is 649. The van der Waals surface area contributed by atoms with Gasteiger partial charge in [0.15, 0.2) is 0 Å². The number of rotatable bonds is 3. The van der Waals surface area contributed by atoms with E-state index >= 15 is 0 Å². The van der Waals surface area contributed by atoms with Gasteiger partial charge in [-0.3, -0.25) is 0 Å². The van der Waals surface area contributed by atoms with E-state index in [1.165, 1.54) is 5.56 Å². The lowest BCUT2D eigenvalue weighted by Gasteiger charge is -2.32. The topological polar surface area (TPSA) is 41.6 Å². The lowest BCUT2D eigenvalue weighted by Crippen LogP contribution is -2.40. The summed E-state index contributed by atoms with van der Waals surface area (Å²) in [5.74, 6) is 1.29. The third-order valence-electron chi connectivity index (χ3n) is 4.37. The van der Waals surface area contributed by atoms with Crippen LogP contribution in [-0.4, -0.2) is 31.1 Å². The SMILES string of the molecule is COc1cccc(NC(=O)N2CCC(c3ccccc3)CC2)c1. The first-order valence-electron chi connectivity index (χ1n) is 8.01. The number of anilines is 1. The van der Waals surface area contributed by atoms with Crippen molar-refractivity contribution in [3.8, 4) is 5.75 Å². The van der Waals surface area contributed by atoms with Gasteiger partial charge in [-0.25, -0.2) is 4.79 Å². The Hall–Kier alpha value is -2.49. The van der Waals surface area contributed by atoms with Crippen LogP contribution in [0.25, 0.3) is 0 Å². The van der Waals surface area contributed by atoms with E-state index in [1.54, 1.807) is 7.11 Å². The van der Waals surface area contributed by atoms with E-state index in [9.17, 15) is 4.79 Å². The van der Waals surface area contributed by atoms with E-state index in [2.05, 4.69) is 29.6 Å². The van der Waals surface area contributed by atoms with Crippen molar-refractivity contribution >= 4 is 11.7 Å². The summed E-state index contributed by atoms with van der Waals surface area (Å²) in [6.45, 7) is 1.57. The number of benzene rings is 2. The maximum Gasteiger partial charge on any atom is 0.321 e. The molecule has 0 atom stereocenters. The van der Waals surface area contributed by atoms with Gasteiger partial charge >= 0.3 is 6.03 Å². The standard InChI is InChI=1S/C19H22N2O2/c1-23-18-9-5-8-17(14-18)20-19(22)21-12-10-16(11-13-21)15-6-3-2-4-7-15/h2-9,14,16H,10-13H2,1H3,(H,20,22). The van der Waals surface area contributed by atoms with Crippen LogP contribution < -0.4 is 10.1 Å². The molecular formula is C19H22N2O2. The van der Waals surface area contributed by atoms with E-state index in [4.69, 9.17) is 4.74 Å². The number of carbonyl (C=O) groups excluding carboxylic acids is 1. The van der Waals surface area contributed by atoms with Gasteiger partial charge in [-0.1, -0.05) is 36.4 Å². The summed E-state index contributed by atoms with van der Waals surface area (Å²) in [7, 11) is 1.62. The first-order chi connectivity index (χ1) is 11.3. The number of hydrogen-bond donors (Lipinski definition) is 1. The number of nitrogens with one attached hydrogen (secondary N) is 1. The van der Waals surface area contributed by atoms with E-state index in [-0.39, 0.29) is 6.03 Å². The molecule has 0 unspecified atom stereocenters. The highest BCUT2D eigenvalue weighted by molar-refractivity contribution is 5.89. The van der Waals surface area contributed by atoms with Crippen LogP contribution in [0, 0.1) is 0 Å². The van der Waals surface area contributed by atoms with Crippen LogP contribution in [0.5, 0.6) is 5.75 Å². The van der Waals surface area contributed by atoms with Gasteiger partial charge in [0, 0.05) is 24.8 Å². The molecule has 1 fully saturated rings. The summed E-state index contributed by atoms with van der Waals surface area (Å²) in [6, 6.07) is 18.0. The minimum atomic E-state index is -0.0373. The van der Waals surface area contributed by atoms with E-state index in [1.807, 2.05) is 35.2 Å². The summed E-state index contributed by atoms with van der Waals surface area (Å²) in [5, 5.41) is 2.95. The molecule has 4 nitrogen and oxygen atoms in total. The van der Waals surface area contributed by atoms with Crippen molar-refractivity contribution in [2.75, 3.05) is 25.5 Å². The first kappa shape index (κ1) is 15.4. The molecular weight excluding hydrogens is 288 g/mol.